The molecule has 0 saturated heterocycles. The van der Waals surface area contributed by atoms with Crippen LogP contribution >= 0.6 is 11.8 Å². The number of rotatable bonds is 5. The summed E-state index contributed by atoms with van der Waals surface area (Å²) < 4.78 is 6.44. The zero-order chi connectivity index (χ0) is 17.8. The van der Waals surface area contributed by atoms with Gasteiger partial charge in [0.1, 0.15) is 0 Å². The molecule has 2 aromatic carbocycles. The number of hydrogen-bond acceptors (Lipinski definition) is 6. The summed E-state index contributed by atoms with van der Waals surface area (Å²) in [6, 6.07) is 13.5. The molecule has 0 atom stereocenters. The molecule has 6 nitrogen and oxygen atoms in total. The van der Waals surface area contributed by atoms with Crippen molar-refractivity contribution in [3.63, 3.8) is 0 Å². The zero-order valence-electron chi connectivity index (χ0n) is 14.3. The largest absolute Gasteiger partial charge is 0.465 e. The van der Waals surface area contributed by atoms with Crippen LogP contribution in [0.5, 0.6) is 0 Å². The maximum absolute atomic E-state index is 11.5. The molecule has 1 aromatic heterocycles. The lowest BCUT2D eigenvalue weighted by Crippen LogP contribution is -2.01. The molecule has 0 saturated carbocycles. The third-order valence-corrected chi connectivity index (χ3v) is 4.91. The highest BCUT2D eigenvalue weighted by atomic mass is 32.2. The number of esters is 1. The molecule has 1 heterocycles. The number of tetrazole rings is 1. The Bertz CT molecular complexity index is 890. The van der Waals surface area contributed by atoms with Crippen molar-refractivity contribution in [2.45, 2.75) is 24.8 Å². The molecule has 0 fully saturated rings. The minimum absolute atomic E-state index is 0.335. The molecule has 3 aromatic rings. The fourth-order valence-corrected chi connectivity index (χ4v) is 3.14. The molecule has 0 unspecified atom stereocenters. The summed E-state index contributed by atoms with van der Waals surface area (Å²) in [5, 5.41) is 12.7. The number of nitrogens with zero attached hydrogens (tertiary/aromatic N) is 4. The van der Waals surface area contributed by atoms with E-state index in [1.165, 1.54) is 18.2 Å². The number of carbonyl (C=O) groups excluding carboxylic acids is 1. The van der Waals surface area contributed by atoms with E-state index in [0.29, 0.717) is 11.3 Å². The number of thioether (sulfide) groups is 1. The van der Waals surface area contributed by atoms with E-state index in [-0.39, 0.29) is 5.97 Å². The lowest BCUT2D eigenvalue weighted by molar-refractivity contribution is 0.0600. The van der Waals surface area contributed by atoms with E-state index < -0.39 is 0 Å². The van der Waals surface area contributed by atoms with Crippen LogP contribution in [0.25, 0.3) is 5.69 Å². The molecular formula is C18H18N4O2S. The van der Waals surface area contributed by atoms with Gasteiger partial charge in [0.05, 0.1) is 18.4 Å². The number of aryl methyl sites for hydroxylation is 2. The lowest BCUT2D eigenvalue weighted by atomic mass is 10.1. The van der Waals surface area contributed by atoms with Crippen LogP contribution in [0, 0.1) is 13.8 Å². The zero-order valence-corrected chi connectivity index (χ0v) is 15.1. The van der Waals surface area contributed by atoms with Gasteiger partial charge in [-0.2, -0.15) is 4.68 Å². The second kappa shape index (κ2) is 7.48. The third-order valence-electron chi connectivity index (χ3n) is 3.92. The highest BCUT2D eigenvalue weighted by Crippen LogP contribution is 2.23. The van der Waals surface area contributed by atoms with E-state index in [9.17, 15) is 4.79 Å². The van der Waals surface area contributed by atoms with Gasteiger partial charge in [-0.1, -0.05) is 30.0 Å². The number of hydrogen-bond donors (Lipinski definition) is 0. The minimum Gasteiger partial charge on any atom is -0.465 e. The van der Waals surface area contributed by atoms with Gasteiger partial charge >= 0.3 is 5.97 Å². The second-order valence-electron chi connectivity index (χ2n) is 5.62. The fraction of sp³-hybridized carbons (Fsp3) is 0.222. The summed E-state index contributed by atoms with van der Waals surface area (Å²) in [5.74, 6) is 0.366. The predicted molar refractivity (Wildman–Crippen MR) is 96.0 cm³/mol. The monoisotopic (exact) mass is 354 g/mol. The molecule has 128 valence electrons. The van der Waals surface area contributed by atoms with Gasteiger partial charge in [0.25, 0.3) is 0 Å². The van der Waals surface area contributed by atoms with Gasteiger partial charge in [0, 0.05) is 5.75 Å². The molecule has 7 heteroatoms. The fourth-order valence-electron chi connectivity index (χ4n) is 2.29. The van der Waals surface area contributed by atoms with E-state index >= 15 is 0 Å². The maximum atomic E-state index is 11.5. The van der Waals surface area contributed by atoms with Gasteiger partial charge in [-0.3, -0.25) is 0 Å². The molecule has 3 rings (SSSR count). The van der Waals surface area contributed by atoms with E-state index in [0.717, 1.165) is 16.4 Å². The summed E-state index contributed by atoms with van der Waals surface area (Å²) in [7, 11) is 1.37. The summed E-state index contributed by atoms with van der Waals surface area (Å²) in [4.78, 5) is 11.5. The predicted octanol–water partition coefficient (Wildman–Crippen LogP) is 3.36. The second-order valence-corrected chi connectivity index (χ2v) is 6.56. The lowest BCUT2D eigenvalue weighted by Gasteiger charge is -2.07. The summed E-state index contributed by atoms with van der Waals surface area (Å²) in [6.45, 7) is 4.14. The van der Waals surface area contributed by atoms with Crippen LogP contribution in [0.3, 0.4) is 0 Å². The molecule has 0 aliphatic heterocycles. The first-order valence-electron chi connectivity index (χ1n) is 7.74. The molecule has 0 N–H and O–H groups in total. The average molecular weight is 354 g/mol. The molecule has 0 radical (unpaired) electrons. The van der Waals surface area contributed by atoms with Gasteiger partial charge in [-0.15, -0.1) is 5.10 Å². The van der Waals surface area contributed by atoms with Crippen molar-refractivity contribution in [2.75, 3.05) is 7.11 Å². The number of aromatic nitrogens is 4. The SMILES string of the molecule is COC(=O)c1ccc(CSc2nnnn2-c2ccc(C)c(C)c2)cc1. The van der Waals surface area contributed by atoms with Crippen LogP contribution in [0.15, 0.2) is 47.6 Å². The first-order chi connectivity index (χ1) is 12.1. The van der Waals surface area contributed by atoms with Crippen LogP contribution in [-0.2, 0) is 10.5 Å². The molecule has 25 heavy (non-hydrogen) atoms. The van der Waals surface area contributed by atoms with Crippen molar-refractivity contribution < 1.29 is 9.53 Å². The number of ether oxygens (including phenoxy) is 1. The van der Waals surface area contributed by atoms with Crippen LogP contribution in [-0.4, -0.2) is 33.3 Å². The van der Waals surface area contributed by atoms with E-state index in [1.807, 2.05) is 18.2 Å². The molecular weight excluding hydrogens is 336 g/mol. The van der Waals surface area contributed by atoms with Crippen molar-refractivity contribution in [3.05, 3.63) is 64.7 Å². The van der Waals surface area contributed by atoms with Crippen molar-refractivity contribution in [1.82, 2.24) is 20.2 Å². The van der Waals surface area contributed by atoms with Crippen LogP contribution in [0.2, 0.25) is 0 Å². The van der Waals surface area contributed by atoms with Crippen LogP contribution in [0.4, 0.5) is 0 Å². The smallest absolute Gasteiger partial charge is 0.337 e. The van der Waals surface area contributed by atoms with Gasteiger partial charge in [0.15, 0.2) is 0 Å². The highest BCUT2D eigenvalue weighted by Gasteiger charge is 2.11. The Hall–Kier alpha value is -2.67. The number of carbonyl (C=O) groups is 1. The Morgan fingerprint density at radius 2 is 1.88 bits per heavy atom. The molecule has 0 bridgehead atoms. The maximum Gasteiger partial charge on any atom is 0.337 e. The van der Waals surface area contributed by atoms with Crippen LogP contribution < -0.4 is 0 Å². The third kappa shape index (κ3) is 3.88. The van der Waals surface area contributed by atoms with E-state index in [4.69, 9.17) is 4.74 Å². The minimum atomic E-state index is -0.335. The Labute approximate surface area is 150 Å². The summed E-state index contributed by atoms with van der Waals surface area (Å²) in [5.41, 5.74) is 4.99. The van der Waals surface area contributed by atoms with Gasteiger partial charge in [0.2, 0.25) is 5.16 Å². The van der Waals surface area contributed by atoms with E-state index in [2.05, 4.69) is 41.5 Å². The first-order valence-corrected chi connectivity index (χ1v) is 8.73. The molecule has 0 amide bonds. The Balaban J connectivity index is 1.73. The topological polar surface area (TPSA) is 69.9 Å². The Kier molecular flexibility index (Phi) is 5.14. The standard InChI is InChI=1S/C18H18N4O2S/c1-12-4-9-16(10-13(12)2)22-18(19-20-21-22)25-11-14-5-7-15(8-6-14)17(23)24-3/h4-10H,11H2,1-3H3. The van der Waals surface area contributed by atoms with Gasteiger partial charge < -0.3 is 4.74 Å². The highest BCUT2D eigenvalue weighted by molar-refractivity contribution is 7.98. The van der Waals surface area contributed by atoms with Crippen molar-refractivity contribution in [3.8, 4) is 5.69 Å². The van der Waals surface area contributed by atoms with Gasteiger partial charge in [-0.05, 0) is 65.2 Å². The molecule has 0 aliphatic rings. The quantitative estimate of drug-likeness (QED) is 0.517. The number of methoxy groups -OCH3 is 1. The van der Waals surface area contributed by atoms with Crippen molar-refractivity contribution in [2.24, 2.45) is 0 Å². The van der Waals surface area contributed by atoms with Gasteiger partial charge in [-0.25, -0.2) is 4.79 Å². The van der Waals surface area contributed by atoms with E-state index in [1.54, 1.807) is 28.6 Å². The molecule has 0 aliphatic carbocycles. The van der Waals surface area contributed by atoms with Crippen molar-refractivity contribution >= 4 is 17.7 Å². The van der Waals surface area contributed by atoms with Crippen LogP contribution in [0.1, 0.15) is 27.0 Å². The Morgan fingerprint density at radius 1 is 1.12 bits per heavy atom. The average Bonchev–Trinajstić information content (AvgIpc) is 3.10. The normalized spacial score (nSPS) is 10.7. The number of benzene rings is 2. The first kappa shape index (κ1) is 17.2. The Morgan fingerprint density at radius 3 is 2.56 bits per heavy atom. The van der Waals surface area contributed by atoms with Crippen molar-refractivity contribution in [1.29, 1.82) is 0 Å². The molecule has 0 spiro atoms. The summed E-state index contributed by atoms with van der Waals surface area (Å²) in [6.07, 6.45) is 0. The summed E-state index contributed by atoms with van der Waals surface area (Å²) >= 11 is 1.54.